The lowest BCUT2D eigenvalue weighted by Gasteiger charge is -2.08. The van der Waals surface area contributed by atoms with E-state index in [4.69, 9.17) is 0 Å². The topological polar surface area (TPSA) is 71.1 Å². The molecule has 0 aliphatic carbocycles. The normalized spacial score (nSPS) is 10.8. The summed E-state index contributed by atoms with van der Waals surface area (Å²) in [4.78, 5) is 24.9. The van der Waals surface area contributed by atoms with Gasteiger partial charge in [0.1, 0.15) is 5.82 Å². The van der Waals surface area contributed by atoms with Crippen molar-refractivity contribution in [2.45, 2.75) is 6.18 Å². The van der Waals surface area contributed by atoms with Crippen LogP contribution in [0.4, 0.5) is 23.8 Å². The summed E-state index contributed by atoms with van der Waals surface area (Å²) in [6, 6.07) is 0.403. The lowest BCUT2D eigenvalue weighted by atomic mass is 10.2. The summed E-state index contributed by atoms with van der Waals surface area (Å²) < 4.78 is 36.9. The van der Waals surface area contributed by atoms with Crippen molar-refractivity contribution in [1.82, 2.24) is 10.3 Å². The molecule has 1 aromatic rings. The molecule has 1 heterocycles. The van der Waals surface area contributed by atoms with Gasteiger partial charge < -0.3 is 0 Å². The summed E-state index contributed by atoms with van der Waals surface area (Å²) in [5.74, 6) is -1.20. The molecular formula is C9H7F3N3O2. The standard InChI is InChI=1S/C9H7F3N3O2/c1-5(16)14-8(17)15-7-4-6(2-3-13-7)9(10,11)12/h2-4H,1H2,(H2,13,14,15,16,17). The Balaban J connectivity index is 2.79. The average Bonchev–Trinajstić information content (AvgIpc) is 2.15. The van der Waals surface area contributed by atoms with Crippen LogP contribution >= 0.6 is 0 Å². The molecule has 0 atom stereocenters. The molecule has 0 bridgehead atoms. The van der Waals surface area contributed by atoms with Crippen molar-refractivity contribution in [3.63, 3.8) is 0 Å². The van der Waals surface area contributed by atoms with E-state index in [0.29, 0.717) is 6.07 Å². The van der Waals surface area contributed by atoms with Gasteiger partial charge in [0, 0.05) is 13.1 Å². The van der Waals surface area contributed by atoms with Crippen LogP contribution in [0.5, 0.6) is 0 Å². The van der Waals surface area contributed by atoms with Gasteiger partial charge in [-0.3, -0.25) is 15.4 Å². The molecule has 8 heteroatoms. The molecule has 1 aromatic heterocycles. The number of nitrogens with one attached hydrogen (secondary N) is 2. The van der Waals surface area contributed by atoms with Crippen molar-refractivity contribution in [3.8, 4) is 0 Å². The summed E-state index contributed by atoms with van der Waals surface area (Å²) in [5.41, 5.74) is -0.955. The zero-order valence-corrected chi connectivity index (χ0v) is 8.34. The van der Waals surface area contributed by atoms with E-state index in [2.05, 4.69) is 11.9 Å². The van der Waals surface area contributed by atoms with Crippen molar-refractivity contribution in [2.24, 2.45) is 0 Å². The van der Waals surface area contributed by atoms with Gasteiger partial charge >= 0.3 is 12.2 Å². The first-order valence-electron chi connectivity index (χ1n) is 4.26. The fraction of sp³-hybridized carbons (Fsp3) is 0.111. The third-order valence-corrected chi connectivity index (χ3v) is 1.58. The number of nitrogens with zero attached hydrogens (tertiary/aromatic N) is 1. The molecule has 2 N–H and O–H groups in total. The molecule has 1 rings (SSSR count). The van der Waals surface area contributed by atoms with Crippen molar-refractivity contribution in [1.29, 1.82) is 0 Å². The van der Waals surface area contributed by atoms with E-state index in [0.717, 1.165) is 12.3 Å². The Morgan fingerprint density at radius 3 is 2.53 bits per heavy atom. The molecule has 0 aliphatic heterocycles. The van der Waals surface area contributed by atoms with Gasteiger partial charge in [-0.1, -0.05) is 0 Å². The number of rotatable bonds is 1. The quantitative estimate of drug-likeness (QED) is 0.790. The van der Waals surface area contributed by atoms with Crippen LogP contribution in [0, 0.1) is 6.92 Å². The van der Waals surface area contributed by atoms with E-state index in [1.165, 1.54) is 0 Å². The fourth-order valence-corrected chi connectivity index (χ4v) is 0.949. The minimum atomic E-state index is -4.53. The van der Waals surface area contributed by atoms with Gasteiger partial charge in [-0.15, -0.1) is 0 Å². The largest absolute Gasteiger partial charge is 0.416 e. The van der Waals surface area contributed by atoms with Gasteiger partial charge in [-0.25, -0.2) is 9.78 Å². The highest BCUT2D eigenvalue weighted by atomic mass is 19.4. The number of imide groups is 1. The Morgan fingerprint density at radius 2 is 2.00 bits per heavy atom. The highest BCUT2D eigenvalue weighted by Gasteiger charge is 2.30. The number of carbonyl (C=O) groups is 2. The molecule has 0 spiro atoms. The van der Waals surface area contributed by atoms with Crippen molar-refractivity contribution < 1.29 is 22.8 Å². The van der Waals surface area contributed by atoms with Gasteiger partial charge in [-0.05, 0) is 12.1 Å². The fourth-order valence-electron chi connectivity index (χ4n) is 0.949. The van der Waals surface area contributed by atoms with Gasteiger partial charge in [0.25, 0.3) is 0 Å². The first-order chi connectivity index (χ1) is 7.79. The number of hydrogen-bond donors (Lipinski definition) is 2. The van der Waals surface area contributed by atoms with Crippen LogP contribution in [-0.2, 0) is 11.0 Å². The number of halogens is 3. The second kappa shape index (κ2) is 4.81. The van der Waals surface area contributed by atoms with Crippen LogP contribution in [0.3, 0.4) is 0 Å². The number of amides is 3. The molecule has 5 nitrogen and oxygen atoms in total. The summed E-state index contributed by atoms with van der Waals surface area (Å²) in [5, 5.41) is 3.69. The molecule has 0 saturated heterocycles. The van der Waals surface area contributed by atoms with E-state index in [9.17, 15) is 22.8 Å². The molecule has 0 unspecified atom stereocenters. The lowest BCUT2D eigenvalue weighted by molar-refractivity contribution is -0.137. The van der Waals surface area contributed by atoms with E-state index in [1.807, 2.05) is 5.32 Å². The average molecular weight is 246 g/mol. The highest BCUT2D eigenvalue weighted by Crippen LogP contribution is 2.29. The second-order valence-corrected chi connectivity index (χ2v) is 2.93. The smallest absolute Gasteiger partial charge is 0.292 e. The highest BCUT2D eigenvalue weighted by molar-refractivity contribution is 6.02. The zero-order chi connectivity index (χ0) is 13.1. The van der Waals surface area contributed by atoms with Gasteiger partial charge in [-0.2, -0.15) is 13.2 Å². The van der Waals surface area contributed by atoms with Crippen LogP contribution in [0.1, 0.15) is 5.56 Å². The maximum atomic E-state index is 12.3. The van der Waals surface area contributed by atoms with Gasteiger partial charge in [0.05, 0.1) is 5.56 Å². The monoisotopic (exact) mass is 246 g/mol. The molecule has 3 amide bonds. The van der Waals surface area contributed by atoms with Crippen LogP contribution < -0.4 is 10.6 Å². The van der Waals surface area contributed by atoms with Crippen LogP contribution in [0.25, 0.3) is 0 Å². The molecule has 0 aliphatic rings. The summed E-state index contributed by atoms with van der Waals surface area (Å²) in [6.07, 6.45) is -3.64. The summed E-state index contributed by atoms with van der Waals surface area (Å²) in [7, 11) is 0. The Morgan fingerprint density at radius 1 is 1.35 bits per heavy atom. The van der Waals surface area contributed by atoms with E-state index >= 15 is 0 Å². The van der Waals surface area contributed by atoms with Crippen LogP contribution in [0.2, 0.25) is 0 Å². The molecule has 0 aromatic carbocycles. The van der Waals surface area contributed by atoms with Crippen molar-refractivity contribution >= 4 is 17.8 Å². The Labute approximate surface area is 94.0 Å². The van der Waals surface area contributed by atoms with Crippen LogP contribution in [0.15, 0.2) is 18.3 Å². The number of hydrogen-bond acceptors (Lipinski definition) is 3. The molecule has 91 valence electrons. The predicted octanol–water partition coefficient (Wildman–Crippen LogP) is 1.58. The van der Waals surface area contributed by atoms with Crippen molar-refractivity contribution in [3.05, 3.63) is 30.8 Å². The number of anilines is 1. The van der Waals surface area contributed by atoms with Gasteiger partial charge in [0.15, 0.2) is 0 Å². The SMILES string of the molecule is [CH2]C(=O)NC(=O)Nc1cc(C(F)(F)F)ccn1. The molecule has 0 fully saturated rings. The zero-order valence-electron chi connectivity index (χ0n) is 8.34. The first kappa shape index (κ1) is 12.9. The van der Waals surface area contributed by atoms with Crippen molar-refractivity contribution in [2.75, 3.05) is 5.32 Å². The molecule has 0 saturated carbocycles. The number of pyridine rings is 1. The number of urea groups is 1. The maximum absolute atomic E-state index is 12.3. The minimum Gasteiger partial charge on any atom is -0.292 e. The first-order valence-corrected chi connectivity index (χ1v) is 4.26. The third-order valence-electron chi connectivity index (χ3n) is 1.58. The third kappa shape index (κ3) is 4.09. The summed E-state index contributed by atoms with van der Waals surface area (Å²) >= 11 is 0. The Bertz CT molecular complexity index is 445. The Hall–Kier alpha value is -2.12. The van der Waals surface area contributed by atoms with E-state index in [1.54, 1.807) is 5.32 Å². The van der Waals surface area contributed by atoms with Crippen LogP contribution in [-0.4, -0.2) is 16.9 Å². The summed E-state index contributed by atoms with van der Waals surface area (Å²) in [6.45, 7) is 2.87. The number of aromatic nitrogens is 1. The van der Waals surface area contributed by atoms with E-state index in [-0.39, 0.29) is 5.82 Å². The molecular weight excluding hydrogens is 239 g/mol. The Kier molecular flexibility index (Phi) is 3.66. The van der Waals surface area contributed by atoms with Gasteiger partial charge in [0.2, 0.25) is 5.91 Å². The van der Waals surface area contributed by atoms with E-state index < -0.39 is 23.7 Å². The minimum absolute atomic E-state index is 0.321. The lowest BCUT2D eigenvalue weighted by Crippen LogP contribution is -2.32. The predicted molar refractivity (Wildman–Crippen MR) is 51.8 cm³/mol. The number of alkyl halides is 3. The second-order valence-electron chi connectivity index (χ2n) is 2.93. The molecule has 1 radical (unpaired) electrons. The maximum Gasteiger partial charge on any atom is 0.416 e. The molecule has 17 heavy (non-hydrogen) atoms. The number of carbonyl (C=O) groups excluding carboxylic acids is 2.